The number of benzene rings is 2. The topological polar surface area (TPSA) is 35.5 Å². The van der Waals surface area contributed by atoms with Crippen LogP contribution in [0, 0.1) is 11.7 Å². The predicted octanol–water partition coefficient (Wildman–Crippen LogP) is 8.27. The van der Waals surface area contributed by atoms with E-state index in [1.54, 1.807) is 30.3 Å². The Morgan fingerprint density at radius 1 is 0.968 bits per heavy atom. The number of carbonyl (C=O) groups excluding carboxylic acids is 1. The molecule has 1 aliphatic rings. The highest BCUT2D eigenvalue weighted by Gasteiger charge is 2.23. The molecule has 0 saturated heterocycles. The fourth-order valence-corrected chi connectivity index (χ4v) is 4.50. The van der Waals surface area contributed by atoms with Crippen LogP contribution in [0.4, 0.5) is 9.18 Å². The van der Waals surface area contributed by atoms with Gasteiger partial charge in [0.2, 0.25) is 0 Å². The molecule has 0 radical (unpaired) electrons. The van der Waals surface area contributed by atoms with E-state index in [1.807, 2.05) is 13.0 Å². The first-order chi connectivity index (χ1) is 15.1. The van der Waals surface area contributed by atoms with Crippen LogP contribution in [0.2, 0.25) is 0 Å². The van der Waals surface area contributed by atoms with Crippen molar-refractivity contribution in [2.75, 3.05) is 6.61 Å². The van der Waals surface area contributed by atoms with E-state index in [9.17, 15) is 9.18 Å². The van der Waals surface area contributed by atoms with Gasteiger partial charge in [-0.25, -0.2) is 9.18 Å². The van der Waals surface area contributed by atoms with Crippen molar-refractivity contribution < 1.29 is 18.7 Å². The lowest BCUT2D eigenvalue weighted by atomic mass is 9.77. The fourth-order valence-electron chi connectivity index (χ4n) is 4.50. The van der Waals surface area contributed by atoms with Gasteiger partial charge in [0.25, 0.3) is 0 Å². The molecule has 3 nitrogen and oxygen atoms in total. The molecular weight excluding hydrogens is 391 g/mol. The summed E-state index contributed by atoms with van der Waals surface area (Å²) in [4.78, 5) is 11.5. The van der Waals surface area contributed by atoms with Crippen molar-refractivity contribution in [3.63, 3.8) is 0 Å². The van der Waals surface area contributed by atoms with Crippen molar-refractivity contribution >= 4 is 6.16 Å². The predicted molar refractivity (Wildman–Crippen MR) is 123 cm³/mol. The zero-order valence-corrected chi connectivity index (χ0v) is 18.9. The Balaban J connectivity index is 1.58. The molecule has 1 saturated carbocycles. The molecule has 0 bridgehead atoms. The zero-order valence-electron chi connectivity index (χ0n) is 18.9. The molecule has 0 amide bonds. The van der Waals surface area contributed by atoms with Crippen LogP contribution in [0.25, 0.3) is 11.1 Å². The van der Waals surface area contributed by atoms with Crippen molar-refractivity contribution in [3.05, 3.63) is 53.8 Å². The van der Waals surface area contributed by atoms with Gasteiger partial charge in [0.1, 0.15) is 11.6 Å². The smallest absolute Gasteiger partial charge is 0.434 e. The van der Waals surface area contributed by atoms with Gasteiger partial charge in [-0.2, -0.15) is 0 Å². The van der Waals surface area contributed by atoms with Crippen LogP contribution < -0.4 is 4.74 Å². The summed E-state index contributed by atoms with van der Waals surface area (Å²) in [5.41, 5.74) is 2.45. The summed E-state index contributed by atoms with van der Waals surface area (Å²) in [6.45, 7) is 4.50. The number of ether oxygens (including phenoxy) is 2. The SMILES string of the molecule is CCCCC[C@H]1CC[C@H](c2ccc(-c3ccc(OC(=O)OCCC)cc3)c(F)c2)CC1. The Morgan fingerprint density at radius 2 is 1.71 bits per heavy atom. The number of halogens is 1. The monoisotopic (exact) mass is 426 g/mol. The van der Waals surface area contributed by atoms with Crippen molar-refractivity contribution in [1.82, 2.24) is 0 Å². The normalized spacial score (nSPS) is 18.5. The standard InChI is InChI=1S/C27H35FO3/c1-3-5-6-7-20-8-10-21(11-9-20)23-14-17-25(26(28)19-23)22-12-15-24(16-13-22)31-27(29)30-18-4-2/h12-17,19-21H,3-11,18H2,1-2H3/t20-,21-. The fraction of sp³-hybridized carbons (Fsp3) is 0.519. The maximum atomic E-state index is 14.9. The summed E-state index contributed by atoms with van der Waals surface area (Å²) in [5, 5.41) is 0. The highest BCUT2D eigenvalue weighted by atomic mass is 19.1. The van der Waals surface area contributed by atoms with E-state index in [0.29, 0.717) is 23.8 Å². The van der Waals surface area contributed by atoms with Gasteiger partial charge in [0.05, 0.1) is 6.61 Å². The Hall–Kier alpha value is -2.36. The van der Waals surface area contributed by atoms with E-state index in [0.717, 1.165) is 36.3 Å². The van der Waals surface area contributed by atoms with Crippen LogP contribution in [0.15, 0.2) is 42.5 Å². The Labute approximate surface area is 186 Å². The van der Waals surface area contributed by atoms with E-state index in [4.69, 9.17) is 9.47 Å². The maximum Gasteiger partial charge on any atom is 0.513 e. The zero-order chi connectivity index (χ0) is 22.1. The third-order valence-corrected chi connectivity index (χ3v) is 6.32. The molecule has 0 aliphatic heterocycles. The molecule has 2 aromatic carbocycles. The third-order valence-electron chi connectivity index (χ3n) is 6.32. The minimum Gasteiger partial charge on any atom is -0.434 e. The number of rotatable bonds is 9. The molecule has 0 N–H and O–H groups in total. The number of carbonyl (C=O) groups is 1. The molecule has 1 aliphatic carbocycles. The number of unbranched alkanes of at least 4 members (excludes halogenated alkanes) is 2. The van der Waals surface area contributed by atoms with Gasteiger partial charge < -0.3 is 9.47 Å². The van der Waals surface area contributed by atoms with Crippen LogP contribution in [-0.4, -0.2) is 12.8 Å². The average Bonchev–Trinajstić information content (AvgIpc) is 2.79. The second-order valence-electron chi connectivity index (χ2n) is 8.68. The summed E-state index contributed by atoms with van der Waals surface area (Å²) in [6, 6.07) is 12.5. The first-order valence-electron chi connectivity index (χ1n) is 11.8. The summed E-state index contributed by atoms with van der Waals surface area (Å²) < 4.78 is 24.9. The van der Waals surface area contributed by atoms with Crippen LogP contribution in [0.5, 0.6) is 5.75 Å². The summed E-state index contributed by atoms with van der Waals surface area (Å²) in [5.74, 6) is 1.51. The molecule has 0 spiro atoms. The van der Waals surface area contributed by atoms with Gasteiger partial charge in [0, 0.05) is 5.56 Å². The van der Waals surface area contributed by atoms with Crippen LogP contribution in [0.1, 0.15) is 83.1 Å². The molecule has 1 fully saturated rings. The summed E-state index contributed by atoms with van der Waals surface area (Å²) >= 11 is 0. The molecule has 3 rings (SSSR count). The highest BCUT2D eigenvalue weighted by molar-refractivity contribution is 5.67. The summed E-state index contributed by atoms with van der Waals surface area (Å²) in [6.07, 6.45) is 10.2. The maximum absolute atomic E-state index is 14.9. The van der Waals surface area contributed by atoms with Crippen LogP contribution in [0.3, 0.4) is 0 Å². The third kappa shape index (κ3) is 6.81. The van der Waals surface area contributed by atoms with Gasteiger partial charge in [-0.15, -0.1) is 0 Å². The second kappa shape index (κ2) is 11.9. The van der Waals surface area contributed by atoms with Crippen molar-refractivity contribution in [2.24, 2.45) is 5.92 Å². The van der Waals surface area contributed by atoms with Crippen molar-refractivity contribution in [1.29, 1.82) is 0 Å². The van der Waals surface area contributed by atoms with E-state index < -0.39 is 6.16 Å². The van der Waals surface area contributed by atoms with Crippen molar-refractivity contribution in [3.8, 4) is 16.9 Å². The lowest BCUT2D eigenvalue weighted by molar-refractivity contribution is 0.0992. The molecule has 0 unspecified atom stereocenters. The molecule has 0 atom stereocenters. The van der Waals surface area contributed by atoms with E-state index in [2.05, 4.69) is 13.0 Å². The molecule has 168 valence electrons. The van der Waals surface area contributed by atoms with Gasteiger partial charge in [-0.1, -0.05) is 63.8 Å². The Bertz CT molecular complexity index is 823. The lowest BCUT2D eigenvalue weighted by Gasteiger charge is -2.29. The van der Waals surface area contributed by atoms with Gasteiger partial charge >= 0.3 is 6.16 Å². The van der Waals surface area contributed by atoms with Gasteiger partial charge in [0.15, 0.2) is 0 Å². The lowest BCUT2D eigenvalue weighted by Crippen LogP contribution is -2.13. The quantitative estimate of drug-likeness (QED) is 0.230. The van der Waals surface area contributed by atoms with Crippen LogP contribution >= 0.6 is 0 Å². The van der Waals surface area contributed by atoms with E-state index in [1.165, 1.54) is 38.5 Å². The number of hydrogen-bond acceptors (Lipinski definition) is 3. The minimum atomic E-state index is -0.717. The second-order valence-corrected chi connectivity index (χ2v) is 8.68. The first kappa shape index (κ1) is 23.3. The molecule has 2 aromatic rings. The molecular formula is C27H35FO3. The minimum absolute atomic E-state index is 0.196. The number of hydrogen-bond donors (Lipinski definition) is 0. The molecule has 0 aromatic heterocycles. The van der Waals surface area contributed by atoms with Gasteiger partial charge in [-0.05, 0) is 73.3 Å². The highest BCUT2D eigenvalue weighted by Crippen LogP contribution is 2.39. The molecule has 0 heterocycles. The summed E-state index contributed by atoms with van der Waals surface area (Å²) in [7, 11) is 0. The molecule has 31 heavy (non-hydrogen) atoms. The molecule has 4 heteroatoms. The van der Waals surface area contributed by atoms with Crippen molar-refractivity contribution in [2.45, 2.75) is 77.6 Å². The Morgan fingerprint density at radius 3 is 2.35 bits per heavy atom. The van der Waals surface area contributed by atoms with E-state index >= 15 is 0 Å². The Kier molecular flexibility index (Phi) is 8.93. The first-order valence-corrected chi connectivity index (χ1v) is 11.8. The average molecular weight is 427 g/mol. The van der Waals surface area contributed by atoms with E-state index in [-0.39, 0.29) is 5.82 Å². The largest absolute Gasteiger partial charge is 0.513 e. The van der Waals surface area contributed by atoms with Gasteiger partial charge in [-0.3, -0.25) is 0 Å². The van der Waals surface area contributed by atoms with Crippen LogP contribution in [-0.2, 0) is 4.74 Å².